The predicted molar refractivity (Wildman–Crippen MR) is 85.5 cm³/mol. The zero-order chi connectivity index (χ0) is 16.7. The van der Waals surface area contributed by atoms with Gasteiger partial charge in [0.2, 0.25) is 5.91 Å². The summed E-state index contributed by atoms with van der Waals surface area (Å²) in [5, 5.41) is 3.22. The first-order chi connectivity index (χ1) is 10.4. The number of rotatable bonds is 5. The summed E-state index contributed by atoms with van der Waals surface area (Å²) < 4.78 is 4.86. The summed E-state index contributed by atoms with van der Waals surface area (Å²) in [6.45, 7) is 6.58. The van der Waals surface area contributed by atoms with Crippen molar-refractivity contribution >= 4 is 17.8 Å². The number of hydrogen-bond acceptors (Lipinski definition) is 4. The Morgan fingerprint density at radius 3 is 2.59 bits per heavy atom. The molecule has 0 aliphatic carbocycles. The summed E-state index contributed by atoms with van der Waals surface area (Å²) in [6.07, 6.45) is 0.381. The van der Waals surface area contributed by atoms with Gasteiger partial charge in [-0.25, -0.2) is 0 Å². The van der Waals surface area contributed by atoms with Crippen molar-refractivity contribution in [2.75, 3.05) is 47.4 Å². The molecule has 1 heterocycles. The molecule has 22 heavy (non-hydrogen) atoms. The highest BCUT2D eigenvalue weighted by molar-refractivity contribution is 5.82. The summed E-state index contributed by atoms with van der Waals surface area (Å²) in [4.78, 5) is 31.5. The average molecular weight is 312 g/mol. The van der Waals surface area contributed by atoms with E-state index < -0.39 is 0 Å². The Bertz CT molecular complexity index is 423. The van der Waals surface area contributed by atoms with Crippen molar-refractivity contribution in [1.82, 2.24) is 15.1 Å². The Morgan fingerprint density at radius 2 is 2.05 bits per heavy atom. The number of carbonyl (C=O) groups excluding carboxylic acids is 2. The molecule has 0 aromatic carbocycles. The molecule has 126 valence electrons. The fourth-order valence-corrected chi connectivity index (χ4v) is 2.50. The average Bonchev–Trinajstić information content (AvgIpc) is 2.87. The number of ether oxygens (including phenoxy) is 1. The maximum absolute atomic E-state index is 11.8. The van der Waals surface area contributed by atoms with Crippen molar-refractivity contribution in [3.8, 4) is 0 Å². The molecular weight excluding hydrogens is 284 g/mol. The van der Waals surface area contributed by atoms with Crippen molar-refractivity contribution < 1.29 is 14.3 Å². The van der Waals surface area contributed by atoms with Gasteiger partial charge in [-0.05, 0) is 12.8 Å². The van der Waals surface area contributed by atoms with Crippen LogP contribution in [-0.2, 0) is 14.3 Å². The second-order valence-electron chi connectivity index (χ2n) is 5.79. The molecule has 0 radical (unpaired) electrons. The van der Waals surface area contributed by atoms with Crippen LogP contribution in [0.2, 0.25) is 0 Å². The van der Waals surface area contributed by atoms with E-state index in [9.17, 15) is 9.59 Å². The summed E-state index contributed by atoms with van der Waals surface area (Å²) in [6, 6.07) is 0. The van der Waals surface area contributed by atoms with Gasteiger partial charge >= 0.3 is 5.97 Å². The van der Waals surface area contributed by atoms with Gasteiger partial charge in [0.05, 0.1) is 19.6 Å². The van der Waals surface area contributed by atoms with Gasteiger partial charge < -0.3 is 19.9 Å². The molecule has 1 aliphatic heterocycles. The molecule has 1 aliphatic rings. The number of nitrogens with zero attached hydrogens (tertiary/aromatic N) is 3. The van der Waals surface area contributed by atoms with Crippen LogP contribution < -0.4 is 5.32 Å². The highest BCUT2D eigenvalue weighted by Gasteiger charge is 2.36. The van der Waals surface area contributed by atoms with Gasteiger partial charge in [-0.15, -0.1) is 0 Å². The summed E-state index contributed by atoms with van der Waals surface area (Å²) in [7, 11) is 4.89. The van der Waals surface area contributed by atoms with Crippen molar-refractivity contribution in [3.05, 3.63) is 0 Å². The molecule has 0 aromatic heterocycles. The van der Waals surface area contributed by atoms with E-state index in [2.05, 4.69) is 15.2 Å². The van der Waals surface area contributed by atoms with E-state index in [1.165, 1.54) is 7.11 Å². The SMILES string of the molecule is CCNC(=NCCC(=O)N(C)C)N1CC(C)C(C(=O)OC)C1. The molecule has 0 bridgehead atoms. The number of carbonyl (C=O) groups is 2. The third-order valence-corrected chi connectivity index (χ3v) is 3.84. The molecule has 0 saturated carbocycles. The zero-order valence-corrected chi connectivity index (χ0v) is 14.3. The van der Waals surface area contributed by atoms with Gasteiger partial charge in [0, 0.05) is 40.2 Å². The maximum Gasteiger partial charge on any atom is 0.310 e. The Morgan fingerprint density at radius 1 is 1.36 bits per heavy atom. The van der Waals surface area contributed by atoms with E-state index in [1.54, 1.807) is 19.0 Å². The van der Waals surface area contributed by atoms with Crippen molar-refractivity contribution in [2.24, 2.45) is 16.8 Å². The highest BCUT2D eigenvalue weighted by atomic mass is 16.5. The summed E-state index contributed by atoms with van der Waals surface area (Å²) in [5.41, 5.74) is 0. The van der Waals surface area contributed by atoms with Crippen LogP contribution in [0.15, 0.2) is 4.99 Å². The van der Waals surface area contributed by atoms with Crippen LogP contribution >= 0.6 is 0 Å². The molecule has 1 saturated heterocycles. The lowest BCUT2D eigenvalue weighted by atomic mass is 9.99. The van der Waals surface area contributed by atoms with E-state index in [4.69, 9.17) is 4.74 Å². The van der Waals surface area contributed by atoms with Crippen LogP contribution in [0.5, 0.6) is 0 Å². The quantitative estimate of drug-likeness (QED) is 0.445. The van der Waals surface area contributed by atoms with Gasteiger partial charge in [0.15, 0.2) is 5.96 Å². The van der Waals surface area contributed by atoms with E-state index in [-0.39, 0.29) is 23.7 Å². The number of aliphatic imine (C=N–C) groups is 1. The van der Waals surface area contributed by atoms with Crippen molar-refractivity contribution in [1.29, 1.82) is 0 Å². The molecule has 0 spiro atoms. The number of guanidine groups is 1. The first-order valence-corrected chi connectivity index (χ1v) is 7.71. The van der Waals surface area contributed by atoms with Crippen LogP contribution in [0.25, 0.3) is 0 Å². The first kappa shape index (κ1) is 18.3. The van der Waals surface area contributed by atoms with Crippen LogP contribution in [0, 0.1) is 11.8 Å². The molecule has 1 N–H and O–H groups in total. The topological polar surface area (TPSA) is 74.2 Å². The monoisotopic (exact) mass is 312 g/mol. The lowest BCUT2D eigenvalue weighted by Crippen LogP contribution is -2.40. The lowest BCUT2D eigenvalue weighted by molar-refractivity contribution is -0.146. The first-order valence-electron chi connectivity index (χ1n) is 7.71. The van der Waals surface area contributed by atoms with Crippen LogP contribution in [0.1, 0.15) is 20.3 Å². The van der Waals surface area contributed by atoms with Gasteiger partial charge in [0.25, 0.3) is 0 Å². The third-order valence-electron chi connectivity index (χ3n) is 3.84. The summed E-state index contributed by atoms with van der Waals surface area (Å²) in [5.74, 6) is 0.736. The van der Waals surface area contributed by atoms with E-state index in [0.29, 0.717) is 19.5 Å². The molecule has 7 heteroatoms. The molecule has 1 rings (SSSR count). The minimum atomic E-state index is -0.173. The second-order valence-corrected chi connectivity index (χ2v) is 5.79. The number of methoxy groups -OCH3 is 1. The van der Waals surface area contributed by atoms with Crippen LogP contribution in [-0.4, -0.2) is 75.0 Å². The smallest absolute Gasteiger partial charge is 0.310 e. The van der Waals surface area contributed by atoms with Gasteiger partial charge in [-0.1, -0.05) is 6.92 Å². The Labute approximate surface area is 132 Å². The molecule has 1 fully saturated rings. The van der Waals surface area contributed by atoms with Gasteiger partial charge in [-0.2, -0.15) is 0 Å². The highest BCUT2D eigenvalue weighted by Crippen LogP contribution is 2.24. The maximum atomic E-state index is 11.8. The normalized spacial score (nSPS) is 21.7. The number of nitrogens with one attached hydrogen (secondary N) is 1. The Kier molecular flexibility index (Phi) is 7.14. The standard InChI is InChI=1S/C15H28N4O3/c1-6-16-15(17-8-7-13(20)18(3)4)19-9-11(2)12(10-19)14(21)22-5/h11-12H,6-10H2,1-5H3,(H,16,17). The van der Waals surface area contributed by atoms with Gasteiger partial charge in [0.1, 0.15) is 0 Å². The molecule has 1 amide bonds. The number of hydrogen-bond donors (Lipinski definition) is 1. The predicted octanol–water partition coefficient (Wildman–Crippen LogP) is 0.171. The molecular formula is C15H28N4O3. The van der Waals surface area contributed by atoms with Crippen LogP contribution in [0.3, 0.4) is 0 Å². The molecule has 7 nitrogen and oxygen atoms in total. The van der Waals surface area contributed by atoms with Gasteiger partial charge in [-0.3, -0.25) is 14.6 Å². The van der Waals surface area contributed by atoms with E-state index in [0.717, 1.165) is 19.0 Å². The number of likely N-dealkylation sites (tertiary alicyclic amines) is 1. The largest absolute Gasteiger partial charge is 0.469 e. The molecule has 2 atom stereocenters. The minimum absolute atomic E-state index is 0.0572. The lowest BCUT2D eigenvalue weighted by Gasteiger charge is -2.21. The minimum Gasteiger partial charge on any atom is -0.469 e. The van der Waals surface area contributed by atoms with Crippen LogP contribution in [0.4, 0.5) is 0 Å². The number of amides is 1. The number of esters is 1. The fourth-order valence-electron chi connectivity index (χ4n) is 2.50. The Balaban J connectivity index is 2.67. The fraction of sp³-hybridized carbons (Fsp3) is 0.800. The van der Waals surface area contributed by atoms with E-state index >= 15 is 0 Å². The van der Waals surface area contributed by atoms with Crippen molar-refractivity contribution in [2.45, 2.75) is 20.3 Å². The second kappa shape index (κ2) is 8.60. The summed E-state index contributed by atoms with van der Waals surface area (Å²) >= 11 is 0. The zero-order valence-electron chi connectivity index (χ0n) is 14.3. The third kappa shape index (κ3) is 4.89. The Hall–Kier alpha value is -1.79. The molecule has 2 unspecified atom stereocenters. The van der Waals surface area contributed by atoms with E-state index in [1.807, 2.05) is 13.8 Å². The van der Waals surface area contributed by atoms with Crippen molar-refractivity contribution in [3.63, 3.8) is 0 Å². The molecule has 0 aromatic rings.